The monoisotopic (exact) mass is 327 g/mol. The largest absolute Gasteiger partial charge is 0.508 e. The number of aromatic hydroxyl groups is 1. The lowest BCUT2D eigenvalue weighted by Gasteiger charge is -2.14. The van der Waals surface area contributed by atoms with Gasteiger partial charge in [0.25, 0.3) is 0 Å². The number of phenolic OH excluding ortho intramolecular Hbond substituents is 1. The SMILES string of the molecule is CNC(=O)Nc1ncc(C(F)(F)F)c(Nc2cccc(O)c2)n1. The van der Waals surface area contributed by atoms with E-state index in [0.717, 1.165) is 0 Å². The fourth-order valence-electron chi connectivity index (χ4n) is 1.63. The van der Waals surface area contributed by atoms with Gasteiger partial charge in [0.1, 0.15) is 17.1 Å². The summed E-state index contributed by atoms with van der Waals surface area (Å²) in [6.45, 7) is 0. The van der Waals surface area contributed by atoms with Gasteiger partial charge in [-0.2, -0.15) is 18.2 Å². The zero-order valence-electron chi connectivity index (χ0n) is 11.8. The Morgan fingerprint density at radius 1 is 1.30 bits per heavy atom. The van der Waals surface area contributed by atoms with E-state index in [9.17, 15) is 23.1 Å². The van der Waals surface area contributed by atoms with Crippen LogP contribution in [0.5, 0.6) is 5.75 Å². The van der Waals surface area contributed by atoms with Gasteiger partial charge >= 0.3 is 12.2 Å². The molecule has 1 aromatic carbocycles. The molecule has 1 heterocycles. The molecular weight excluding hydrogens is 315 g/mol. The van der Waals surface area contributed by atoms with Crippen molar-refractivity contribution in [1.82, 2.24) is 15.3 Å². The summed E-state index contributed by atoms with van der Waals surface area (Å²) in [5, 5.41) is 16.2. The molecule has 0 saturated carbocycles. The van der Waals surface area contributed by atoms with Crippen molar-refractivity contribution < 1.29 is 23.1 Å². The molecular formula is C13H12F3N5O2. The van der Waals surface area contributed by atoms with Crippen LogP contribution in [0.1, 0.15) is 5.56 Å². The number of rotatable bonds is 3. The number of hydrogen-bond donors (Lipinski definition) is 4. The van der Waals surface area contributed by atoms with Gasteiger partial charge in [-0.05, 0) is 12.1 Å². The molecule has 23 heavy (non-hydrogen) atoms. The highest BCUT2D eigenvalue weighted by Crippen LogP contribution is 2.35. The van der Waals surface area contributed by atoms with Crippen LogP contribution in [-0.2, 0) is 6.18 Å². The average Bonchev–Trinajstić information content (AvgIpc) is 2.46. The summed E-state index contributed by atoms with van der Waals surface area (Å²) in [5.74, 6) is -0.981. The molecule has 4 N–H and O–H groups in total. The molecule has 0 aliphatic heterocycles. The van der Waals surface area contributed by atoms with Crippen molar-refractivity contribution in [3.05, 3.63) is 36.0 Å². The molecule has 7 nitrogen and oxygen atoms in total. The van der Waals surface area contributed by atoms with E-state index < -0.39 is 23.6 Å². The molecule has 122 valence electrons. The highest BCUT2D eigenvalue weighted by Gasteiger charge is 2.35. The lowest BCUT2D eigenvalue weighted by molar-refractivity contribution is -0.137. The van der Waals surface area contributed by atoms with Gasteiger partial charge in [0.15, 0.2) is 0 Å². The van der Waals surface area contributed by atoms with Crippen molar-refractivity contribution in [2.45, 2.75) is 6.18 Å². The summed E-state index contributed by atoms with van der Waals surface area (Å²) in [6, 6.07) is 4.83. The van der Waals surface area contributed by atoms with Gasteiger partial charge in [0.2, 0.25) is 5.95 Å². The second-order valence-electron chi connectivity index (χ2n) is 4.33. The number of aromatic nitrogens is 2. The highest BCUT2D eigenvalue weighted by atomic mass is 19.4. The van der Waals surface area contributed by atoms with E-state index in [1.54, 1.807) is 0 Å². The summed E-state index contributed by atoms with van der Waals surface area (Å²) < 4.78 is 39.1. The molecule has 2 rings (SSSR count). The molecule has 0 fully saturated rings. The van der Waals surface area contributed by atoms with Crippen LogP contribution < -0.4 is 16.0 Å². The first-order chi connectivity index (χ1) is 10.8. The van der Waals surface area contributed by atoms with E-state index in [2.05, 4.69) is 25.9 Å². The van der Waals surface area contributed by atoms with Crippen LogP contribution in [0.4, 0.5) is 35.4 Å². The van der Waals surface area contributed by atoms with Crippen LogP contribution in [0.2, 0.25) is 0 Å². The first-order valence-corrected chi connectivity index (χ1v) is 6.28. The molecule has 0 bridgehead atoms. The number of halogens is 3. The van der Waals surface area contributed by atoms with Crippen LogP contribution in [0.3, 0.4) is 0 Å². The maximum Gasteiger partial charge on any atom is 0.421 e. The van der Waals surface area contributed by atoms with Crippen molar-refractivity contribution in [2.24, 2.45) is 0 Å². The quantitative estimate of drug-likeness (QED) is 0.695. The Balaban J connectivity index is 2.40. The third-order valence-electron chi connectivity index (χ3n) is 2.66. The number of urea groups is 1. The lowest BCUT2D eigenvalue weighted by Crippen LogP contribution is -2.26. The second kappa shape index (κ2) is 6.38. The van der Waals surface area contributed by atoms with E-state index in [4.69, 9.17) is 0 Å². The van der Waals surface area contributed by atoms with Gasteiger partial charge in [-0.1, -0.05) is 6.07 Å². The third kappa shape index (κ3) is 4.22. The summed E-state index contributed by atoms with van der Waals surface area (Å²) in [7, 11) is 1.34. The first-order valence-electron chi connectivity index (χ1n) is 6.28. The van der Waals surface area contributed by atoms with Gasteiger partial charge in [-0.3, -0.25) is 5.32 Å². The fraction of sp³-hybridized carbons (Fsp3) is 0.154. The molecule has 0 radical (unpaired) electrons. The van der Waals surface area contributed by atoms with Crippen molar-refractivity contribution in [2.75, 3.05) is 17.7 Å². The van der Waals surface area contributed by atoms with Crippen molar-refractivity contribution in [3.63, 3.8) is 0 Å². The standard InChI is InChI=1S/C13H12F3N5O2/c1-17-12(23)21-11-18-6-9(13(14,15)16)10(20-11)19-7-3-2-4-8(22)5-7/h2-6,22H,1H3,(H3,17,18,19,20,21,23). The normalized spacial score (nSPS) is 11.0. The van der Waals surface area contributed by atoms with Crippen molar-refractivity contribution in [3.8, 4) is 5.75 Å². The zero-order chi connectivity index (χ0) is 17.0. The number of alkyl halides is 3. The number of hydrogen-bond acceptors (Lipinski definition) is 5. The minimum absolute atomic E-state index is 0.124. The molecule has 0 unspecified atom stereocenters. The molecule has 0 saturated heterocycles. The Morgan fingerprint density at radius 2 is 2.04 bits per heavy atom. The molecule has 0 aliphatic carbocycles. The Kier molecular flexibility index (Phi) is 4.53. The van der Waals surface area contributed by atoms with Crippen molar-refractivity contribution in [1.29, 1.82) is 0 Å². The minimum Gasteiger partial charge on any atom is -0.508 e. The number of anilines is 3. The van der Waals surface area contributed by atoms with Crippen LogP contribution in [-0.4, -0.2) is 28.2 Å². The predicted octanol–water partition coefficient (Wildman–Crippen LogP) is 2.70. The van der Waals surface area contributed by atoms with Gasteiger partial charge in [-0.15, -0.1) is 0 Å². The van der Waals surface area contributed by atoms with E-state index >= 15 is 0 Å². The van der Waals surface area contributed by atoms with Crippen LogP contribution in [0.25, 0.3) is 0 Å². The number of carbonyl (C=O) groups excluding carboxylic acids is 1. The van der Waals surface area contributed by atoms with Gasteiger partial charge < -0.3 is 15.7 Å². The summed E-state index contributed by atoms with van der Waals surface area (Å²) in [5.41, 5.74) is -0.914. The number of nitrogens with zero attached hydrogens (tertiary/aromatic N) is 2. The summed E-state index contributed by atoms with van der Waals surface area (Å²) in [6.07, 6.45) is -4.13. The molecule has 0 aliphatic rings. The van der Waals surface area contributed by atoms with Crippen LogP contribution >= 0.6 is 0 Å². The van der Waals surface area contributed by atoms with Crippen molar-refractivity contribution >= 4 is 23.5 Å². The van der Waals surface area contributed by atoms with Gasteiger partial charge in [0.05, 0.1) is 0 Å². The fourth-order valence-corrected chi connectivity index (χ4v) is 1.63. The van der Waals surface area contributed by atoms with Gasteiger partial charge in [0, 0.05) is 25.0 Å². The second-order valence-corrected chi connectivity index (χ2v) is 4.33. The Morgan fingerprint density at radius 3 is 2.65 bits per heavy atom. The minimum atomic E-state index is -4.69. The van der Waals surface area contributed by atoms with E-state index in [-0.39, 0.29) is 17.4 Å². The number of amides is 2. The number of benzene rings is 1. The number of nitrogens with one attached hydrogen (secondary N) is 3. The third-order valence-corrected chi connectivity index (χ3v) is 2.66. The molecule has 1 aromatic heterocycles. The summed E-state index contributed by atoms with van der Waals surface area (Å²) in [4.78, 5) is 18.3. The Bertz CT molecular complexity index is 721. The Hall–Kier alpha value is -3.04. The molecule has 2 amide bonds. The molecule has 2 aromatic rings. The van der Waals surface area contributed by atoms with Crippen LogP contribution in [0.15, 0.2) is 30.5 Å². The molecule has 0 atom stereocenters. The molecule has 10 heteroatoms. The van der Waals surface area contributed by atoms with Crippen LogP contribution in [0, 0.1) is 0 Å². The highest BCUT2D eigenvalue weighted by molar-refractivity contribution is 5.87. The smallest absolute Gasteiger partial charge is 0.421 e. The maximum atomic E-state index is 13.0. The van der Waals surface area contributed by atoms with Gasteiger partial charge in [-0.25, -0.2) is 9.78 Å². The maximum absolute atomic E-state index is 13.0. The molecule has 0 spiro atoms. The topological polar surface area (TPSA) is 99.2 Å². The lowest BCUT2D eigenvalue weighted by atomic mass is 10.2. The Labute approximate surface area is 128 Å². The number of carbonyl (C=O) groups is 1. The zero-order valence-corrected chi connectivity index (χ0v) is 11.8. The van der Waals surface area contributed by atoms with E-state index in [1.165, 1.54) is 31.3 Å². The van der Waals surface area contributed by atoms with E-state index in [0.29, 0.717) is 6.20 Å². The predicted molar refractivity (Wildman–Crippen MR) is 76.5 cm³/mol. The first kappa shape index (κ1) is 16.3. The summed E-state index contributed by atoms with van der Waals surface area (Å²) >= 11 is 0. The number of phenols is 1. The van der Waals surface area contributed by atoms with E-state index in [1.807, 2.05) is 0 Å². The average molecular weight is 327 g/mol.